The smallest absolute Gasteiger partial charge is 0.198 e. The summed E-state index contributed by atoms with van der Waals surface area (Å²) in [6.45, 7) is 0. The molecule has 0 N–H and O–H groups in total. The van der Waals surface area contributed by atoms with Crippen molar-refractivity contribution in [1.82, 2.24) is 0 Å². The molecule has 1 aromatic carbocycles. The van der Waals surface area contributed by atoms with Gasteiger partial charge in [0.1, 0.15) is 0 Å². The van der Waals surface area contributed by atoms with Gasteiger partial charge in [-0.15, -0.1) is 0 Å². The van der Waals surface area contributed by atoms with E-state index in [2.05, 4.69) is 63.4 Å². The molecule has 1 rings (SSSR count). The second-order valence-electron chi connectivity index (χ2n) is 2.73. The van der Waals surface area contributed by atoms with Crippen molar-refractivity contribution in [3.63, 3.8) is 0 Å². The molecule has 0 atom stereocenters. The fraction of sp³-hybridized carbons (Fsp3) is 0.300. The Kier molecular flexibility index (Phi) is 5.23. The highest BCUT2D eigenvalue weighted by molar-refractivity contribution is 14.1. The quantitative estimate of drug-likeness (QED) is 0.561. The van der Waals surface area contributed by atoms with Crippen molar-refractivity contribution in [2.24, 2.45) is 0 Å². The second-order valence-corrected chi connectivity index (χ2v) is 5.14. The molecule has 0 spiro atoms. The number of unbranched alkanes of at least 4 members (excludes halogenated alkanes) is 1. The van der Waals surface area contributed by atoms with E-state index in [9.17, 15) is 4.79 Å². The molecule has 1 radical (unpaired) electrons. The number of hydrogen-bond acceptors (Lipinski definition) is 1. The molecule has 1 aromatic rings. The Labute approximate surface area is 106 Å². The molecule has 0 heterocycles. The fourth-order valence-corrected chi connectivity index (χ4v) is 2.95. The molecule has 0 aliphatic heterocycles. The lowest BCUT2D eigenvalue weighted by Gasteiger charge is -2.02. The first-order valence-electron chi connectivity index (χ1n) is 4.03. The van der Waals surface area contributed by atoms with Crippen molar-refractivity contribution in [1.29, 1.82) is 0 Å². The minimum absolute atomic E-state index is 0.544. The SMILES string of the molecule is O=[C]CCCc1ccc(I)cc1I. The van der Waals surface area contributed by atoms with Crippen LogP contribution in [0.2, 0.25) is 0 Å². The second kappa shape index (κ2) is 5.95. The van der Waals surface area contributed by atoms with Crippen LogP contribution in [0.15, 0.2) is 18.2 Å². The lowest BCUT2D eigenvalue weighted by atomic mass is 10.1. The average Bonchev–Trinajstić information content (AvgIpc) is 2.09. The Morgan fingerprint density at radius 1 is 1.31 bits per heavy atom. The Balaban J connectivity index is 2.61. The maximum atomic E-state index is 10.0. The Morgan fingerprint density at radius 3 is 2.69 bits per heavy atom. The molecule has 0 bridgehead atoms. The molecule has 0 aromatic heterocycles. The van der Waals surface area contributed by atoms with Crippen molar-refractivity contribution >= 4 is 51.5 Å². The zero-order chi connectivity index (χ0) is 9.68. The Morgan fingerprint density at radius 2 is 2.08 bits per heavy atom. The molecule has 0 saturated heterocycles. The van der Waals surface area contributed by atoms with Crippen LogP contribution < -0.4 is 0 Å². The minimum atomic E-state index is 0.544. The van der Waals surface area contributed by atoms with Crippen LogP contribution in [-0.4, -0.2) is 6.29 Å². The van der Waals surface area contributed by atoms with Crippen LogP contribution in [0.1, 0.15) is 18.4 Å². The van der Waals surface area contributed by atoms with Gasteiger partial charge in [-0.2, -0.15) is 0 Å². The van der Waals surface area contributed by atoms with Gasteiger partial charge >= 0.3 is 0 Å². The molecule has 0 amide bonds. The van der Waals surface area contributed by atoms with Crippen LogP contribution in [0.25, 0.3) is 0 Å². The maximum absolute atomic E-state index is 10.0. The summed E-state index contributed by atoms with van der Waals surface area (Å²) < 4.78 is 2.54. The minimum Gasteiger partial charge on any atom is -0.291 e. The van der Waals surface area contributed by atoms with Crippen LogP contribution in [0.3, 0.4) is 0 Å². The molecule has 0 unspecified atom stereocenters. The summed E-state index contributed by atoms with van der Waals surface area (Å²) in [6.07, 6.45) is 4.34. The van der Waals surface area contributed by atoms with Gasteiger partial charge in [0, 0.05) is 13.6 Å². The van der Waals surface area contributed by atoms with Crippen LogP contribution in [-0.2, 0) is 11.2 Å². The van der Waals surface area contributed by atoms with E-state index in [0.717, 1.165) is 12.8 Å². The van der Waals surface area contributed by atoms with Crippen molar-refractivity contribution in [2.45, 2.75) is 19.3 Å². The molecule has 13 heavy (non-hydrogen) atoms. The summed E-state index contributed by atoms with van der Waals surface area (Å²) in [5.74, 6) is 0. The first-order chi connectivity index (χ1) is 6.24. The van der Waals surface area contributed by atoms with Gasteiger partial charge in [0.15, 0.2) is 6.29 Å². The first-order valence-corrected chi connectivity index (χ1v) is 6.18. The number of carbonyl (C=O) groups excluding carboxylic acids is 1. The summed E-state index contributed by atoms with van der Waals surface area (Å²) in [7, 11) is 0. The summed E-state index contributed by atoms with van der Waals surface area (Å²) in [4.78, 5) is 10.0. The van der Waals surface area contributed by atoms with E-state index in [1.54, 1.807) is 0 Å². The number of rotatable bonds is 4. The number of aryl methyl sites for hydroxylation is 1. The van der Waals surface area contributed by atoms with Crippen LogP contribution >= 0.6 is 45.2 Å². The van der Waals surface area contributed by atoms with Crippen molar-refractivity contribution < 1.29 is 4.79 Å². The first kappa shape index (κ1) is 11.4. The van der Waals surface area contributed by atoms with Gasteiger partial charge in [0.2, 0.25) is 0 Å². The summed E-state index contributed by atoms with van der Waals surface area (Å²) in [6, 6.07) is 6.39. The van der Waals surface area contributed by atoms with Gasteiger partial charge in [-0.1, -0.05) is 6.07 Å². The molecule has 69 valence electrons. The van der Waals surface area contributed by atoms with Crippen LogP contribution in [0, 0.1) is 7.14 Å². The predicted molar refractivity (Wildman–Crippen MR) is 70.5 cm³/mol. The van der Waals surface area contributed by atoms with Crippen molar-refractivity contribution in [3.05, 3.63) is 30.9 Å². The molecule has 0 aliphatic rings. The molecule has 0 aliphatic carbocycles. The van der Waals surface area contributed by atoms with E-state index in [-0.39, 0.29) is 0 Å². The van der Waals surface area contributed by atoms with E-state index in [1.807, 2.05) is 6.29 Å². The van der Waals surface area contributed by atoms with E-state index in [0.29, 0.717) is 6.42 Å². The van der Waals surface area contributed by atoms with Gasteiger partial charge in [-0.25, -0.2) is 0 Å². The fourth-order valence-electron chi connectivity index (χ4n) is 1.08. The molecule has 3 heteroatoms. The molecular formula is C10H9I2O. The molecular weight excluding hydrogens is 390 g/mol. The number of benzene rings is 1. The highest BCUT2D eigenvalue weighted by Crippen LogP contribution is 2.17. The lowest BCUT2D eigenvalue weighted by Crippen LogP contribution is -1.90. The number of halogens is 2. The van der Waals surface area contributed by atoms with Gasteiger partial charge in [0.25, 0.3) is 0 Å². The van der Waals surface area contributed by atoms with Crippen molar-refractivity contribution in [3.8, 4) is 0 Å². The normalized spacial score (nSPS) is 10.0. The van der Waals surface area contributed by atoms with Crippen LogP contribution in [0.4, 0.5) is 0 Å². The predicted octanol–water partition coefficient (Wildman–Crippen LogP) is 3.33. The van der Waals surface area contributed by atoms with E-state index in [4.69, 9.17) is 0 Å². The third kappa shape index (κ3) is 3.93. The van der Waals surface area contributed by atoms with Gasteiger partial charge in [0.05, 0.1) is 0 Å². The highest BCUT2D eigenvalue weighted by Gasteiger charge is 1.99. The topological polar surface area (TPSA) is 17.1 Å². The Hall–Kier alpha value is 0.350. The zero-order valence-electron chi connectivity index (χ0n) is 7.02. The summed E-state index contributed by atoms with van der Waals surface area (Å²) in [5, 5.41) is 0. The average molecular weight is 399 g/mol. The highest BCUT2D eigenvalue weighted by atomic mass is 127. The van der Waals surface area contributed by atoms with E-state index >= 15 is 0 Å². The van der Waals surface area contributed by atoms with Crippen molar-refractivity contribution in [2.75, 3.05) is 0 Å². The van der Waals surface area contributed by atoms with Gasteiger partial charge in [-0.05, 0) is 75.7 Å². The standard InChI is InChI=1S/C10H9I2O/c11-9-5-4-8(10(12)7-9)3-1-2-6-13/h4-5,7H,1-3H2. The van der Waals surface area contributed by atoms with Crippen LogP contribution in [0.5, 0.6) is 0 Å². The molecule has 0 fully saturated rings. The summed E-state index contributed by atoms with van der Waals surface area (Å²) in [5.41, 5.74) is 1.33. The Bertz CT molecular complexity index is 297. The third-order valence-electron chi connectivity index (χ3n) is 1.74. The third-order valence-corrected chi connectivity index (χ3v) is 3.42. The molecule has 0 saturated carbocycles. The van der Waals surface area contributed by atoms with Gasteiger partial charge in [-0.3, -0.25) is 4.79 Å². The molecule has 1 nitrogen and oxygen atoms in total. The number of hydrogen-bond donors (Lipinski definition) is 0. The largest absolute Gasteiger partial charge is 0.291 e. The van der Waals surface area contributed by atoms with E-state index in [1.165, 1.54) is 12.7 Å². The zero-order valence-corrected chi connectivity index (χ0v) is 11.3. The van der Waals surface area contributed by atoms with E-state index < -0.39 is 0 Å². The monoisotopic (exact) mass is 399 g/mol. The van der Waals surface area contributed by atoms with Gasteiger partial charge < -0.3 is 0 Å². The maximum Gasteiger partial charge on any atom is 0.198 e. The summed E-state index contributed by atoms with van der Waals surface area (Å²) >= 11 is 4.63. The lowest BCUT2D eigenvalue weighted by molar-refractivity contribution is 0.548.